The molecule has 2 aromatic rings. The van der Waals surface area contributed by atoms with Crippen molar-refractivity contribution in [2.24, 2.45) is 17.6 Å². The zero-order valence-corrected chi connectivity index (χ0v) is 17.5. The molecule has 0 bridgehead atoms. The third kappa shape index (κ3) is 3.80. The first kappa shape index (κ1) is 22.8. The maximum absolute atomic E-state index is 15.5. The normalized spacial score (nSPS) is 21.0. The molecule has 1 aromatic carbocycles. The minimum Gasteiger partial charge on any atom is -0.369 e. The largest absolute Gasteiger partial charge is 0.369 e. The number of nitrogens with zero attached hydrogens (tertiary/aromatic N) is 2. The van der Waals surface area contributed by atoms with Crippen molar-refractivity contribution in [1.29, 1.82) is 0 Å². The summed E-state index contributed by atoms with van der Waals surface area (Å²) in [7, 11) is 0. The zero-order valence-electron chi connectivity index (χ0n) is 17.5. The van der Waals surface area contributed by atoms with Crippen molar-refractivity contribution in [3.63, 3.8) is 0 Å². The van der Waals surface area contributed by atoms with E-state index in [0.717, 1.165) is 0 Å². The number of benzene rings is 1. The maximum Gasteiger partial charge on any atom is 0.329 e. The monoisotopic (exact) mass is 460 g/mol. The first-order chi connectivity index (χ1) is 15.1. The first-order valence-electron chi connectivity index (χ1n) is 10.6. The number of nitrogens with two attached hydrogens (primary N) is 1. The lowest BCUT2D eigenvalue weighted by Gasteiger charge is -2.26. The molecule has 2 heterocycles. The summed E-state index contributed by atoms with van der Waals surface area (Å²) in [6, 6.07) is -0.243. The molecular formula is C21H25F5N4O2. The number of fused-ring (bicyclic) bond motifs is 1. The Morgan fingerprint density at radius 2 is 1.88 bits per heavy atom. The molecule has 6 nitrogen and oxygen atoms in total. The molecular weight excluding hydrogens is 435 g/mol. The number of hydrogen-bond donors (Lipinski definition) is 2. The number of anilines is 1. The molecule has 11 heteroatoms. The molecule has 1 aliphatic heterocycles. The van der Waals surface area contributed by atoms with Crippen LogP contribution in [0.15, 0.2) is 9.59 Å². The van der Waals surface area contributed by atoms with Gasteiger partial charge in [0.15, 0.2) is 12.1 Å². The summed E-state index contributed by atoms with van der Waals surface area (Å²) >= 11 is 0. The highest BCUT2D eigenvalue weighted by Gasteiger charge is 2.36. The Morgan fingerprint density at radius 1 is 1.19 bits per heavy atom. The predicted octanol–water partition coefficient (Wildman–Crippen LogP) is 3.47. The zero-order chi connectivity index (χ0) is 23.3. The van der Waals surface area contributed by atoms with E-state index in [9.17, 15) is 27.2 Å². The van der Waals surface area contributed by atoms with Crippen LogP contribution in [0.5, 0.6) is 0 Å². The number of hydrogen-bond acceptors (Lipinski definition) is 4. The van der Waals surface area contributed by atoms with Crippen LogP contribution in [0.1, 0.15) is 49.3 Å². The van der Waals surface area contributed by atoms with Gasteiger partial charge in [-0.15, -0.1) is 0 Å². The van der Waals surface area contributed by atoms with Crippen LogP contribution in [0.3, 0.4) is 0 Å². The van der Waals surface area contributed by atoms with Gasteiger partial charge in [0.25, 0.3) is 12.0 Å². The van der Waals surface area contributed by atoms with Crippen molar-refractivity contribution < 1.29 is 22.0 Å². The lowest BCUT2D eigenvalue weighted by Crippen LogP contribution is -2.33. The summed E-state index contributed by atoms with van der Waals surface area (Å²) in [5.41, 5.74) is 2.53. The van der Waals surface area contributed by atoms with E-state index < -0.39 is 53.3 Å². The van der Waals surface area contributed by atoms with E-state index in [2.05, 4.69) is 0 Å². The third-order valence-electron chi connectivity index (χ3n) is 6.59. The molecule has 1 saturated carbocycles. The average molecular weight is 460 g/mol. The van der Waals surface area contributed by atoms with Gasteiger partial charge in [-0.2, -0.15) is 0 Å². The number of aromatic nitrogens is 2. The topological polar surface area (TPSA) is 84.1 Å². The highest BCUT2D eigenvalue weighted by atomic mass is 19.3. The highest BCUT2D eigenvalue weighted by Crippen LogP contribution is 2.43. The summed E-state index contributed by atoms with van der Waals surface area (Å²) in [6.07, 6.45) is -3.17. The Morgan fingerprint density at radius 3 is 2.44 bits per heavy atom. The van der Waals surface area contributed by atoms with Gasteiger partial charge in [-0.3, -0.25) is 18.7 Å². The molecule has 1 saturated heterocycles. The van der Waals surface area contributed by atoms with Crippen LogP contribution in [0.4, 0.5) is 27.6 Å². The third-order valence-corrected chi connectivity index (χ3v) is 6.59. The summed E-state index contributed by atoms with van der Waals surface area (Å²) in [5, 5.41) is -0.512. The molecule has 176 valence electrons. The smallest absolute Gasteiger partial charge is 0.329 e. The van der Waals surface area contributed by atoms with E-state index in [1.54, 1.807) is 4.90 Å². The lowest BCUT2D eigenvalue weighted by molar-refractivity contribution is 0.148. The van der Waals surface area contributed by atoms with Crippen LogP contribution >= 0.6 is 0 Å². The van der Waals surface area contributed by atoms with E-state index in [1.165, 1.54) is 11.5 Å². The maximum atomic E-state index is 15.5. The molecule has 2 fully saturated rings. The van der Waals surface area contributed by atoms with Crippen LogP contribution in [0.2, 0.25) is 0 Å². The van der Waals surface area contributed by atoms with E-state index in [0.29, 0.717) is 19.3 Å². The quantitative estimate of drug-likeness (QED) is 0.490. The van der Waals surface area contributed by atoms with Gasteiger partial charge >= 0.3 is 5.69 Å². The number of aryl methyl sites for hydroxylation is 1. The number of H-pyrrole nitrogens is 1. The Kier molecular flexibility index (Phi) is 6.04. The Hall–Kier alpha value is -2.43. The standard InChI is InChI=1S/C21H25F5N4O2/c1-9-16-14(20(31)28-21(32)30(16)12-2-3-12)13(18(24)25)15(23)17(9)29-5-4-10(8-29)6-11(7-22)19(26)27/h10-12,18-19H,2-8,27H2,1H3,(H,28,31,32). The fourth-order valence-corrected chi connectivity index (χ4v) is 4.88. The van der Waals surface area contributed by atoms with Crippen LogP contribution in [0.25, 0.3) is 10.9 Å². The van der Waals surface area contributed by atoms with Crippen LogP contribution in [0, 0.1) is 24.6 Å². The van der Waals surface area contributed by atoms with Gasteiger partial charge in [-0.05, 0) is 38.5 Å². The molecule has 3 unspecified atom stereocenters. The SMILES string of the molecule is Cc1c(N2CCC(CC(CF)C(N)F)C2)c(F)c(C(F)F)c2c(=O)[nH]c(=O)n(C3CC3)c12. The number of halogens is 5. The molecule has 4 rings (SSSR count). The number of rotatable bonds is 7. The van der Waals surface area contributed by atoms with Crippen molar-refractivity contribution in [2.45, 2.75) is 51.4 Å². The Bertz CT molecular complexity index is 1140. The van der Waals surface area contributed by atoms with Gasteiger partial charge in [0.05, 0.1) is 28.8 Å². The summed E-state index contributed by atoms with van der Waals surface area (Å²) in [5.74, 6) is -2.40. The first-order valence-corrected chi connectivity index (χ1v) is 10.6. The average Bonchev–Trinajstić information content (AvgIpc) is 3.44. The van der Waals surface area contributed by atoms with E-state index in [-0.39, 0.29) is 48.2 Å². The van der Waals surface area contributed by atoms with Crippen molar-refractivity contribution >= 4 is 16.6 Å². The van der Waals surface area contributed by atoms with Gasteiger partial charge in [-0.25, -0.2) is 22.4 Å². The fraction of sp³-hybridized carbons (Fsp3) is 0.619. The Labute approximate surface area is 180 Å². The van der Waals surface area contributed by atoms with E-state index >= 15 is 4.39 Å². The number of nitrogens with one attached hydrogen (secondary N) is 1. The fourth-order valence-electron chi connectivity index (χ4n) is 4.88. The second-order valence-electron chi connectivity index (χ2n) is 8.78. The van der Waals surface area contributed by atoms with Crippen molar-refractivity contribution in [3.05, 3.63) is 37.8 Å². The van der Waals surface area contributed by atoms with Gasteiger partial charge in [0, 0.05) is 30.6 Å². The van der Waals surface area contributed by atoms with E-state index in [1.807, 2.05) is 4.98 Å². The van der Waals surface area contributed by atoms with Gasteiger partial charge in [0.2, 0.25) is 0 Å². The predicted molar refractivity (Wildman–Crippen MR) is 110 cm³/mol. The molecule has 3 atom stereocenters. The second-order valence-corrected chi connectivity index (χ2v) is 8.78. The summed E-state index contributed by atoms with van der Waals surface area (Å²) in [6.45, 7) is 1.06. The van der Waals surface area contributed by atoms with Crippen molar-refractivity contribution in [1.82, 2.24) is 9.55 Å². The molecule has 1 aliphatic carbocycles. The van der Waals surface area contributed by atoms with Gasteiger partial charge < -0.3 is 10.6 Å². The minimum absolute atomic E-state index is 0.0174. The van der Waals surface area contributed by atoms with Crippen LogP contribution in [-0.2, 0) is 0 Å². The Balaban J connectivity index is 1.85. The molecule has 0 radical (unpaired) electrons. The number of alkyl halides is 4. The summed E-state index contributed by atoms with van der Waals surface area (Å²) in [4.78, 5) is 28.5. The molecule has 2 aliphatic rings. The molecule has 1 aromatic heterocycles. The highest BCUT2D eigenvalue weighted by molar-refractivity contribution is 5.90. The van der Waals surface area contributed by atoms with Gasteiger partial charge in [-0.1, -0.05) is 0 Å². The minimum atomic E-state index is -3.28. The molecule has 32 heavy (non-hydrogen) atoms. The lowest BCUT2D eigenvalue weighted by atomic mass is 9.94. The van der Waals surface area contributed by atoms with Crippen LogP contribution < -0.4 is 21.9 Å². The number of aromatic amines is 1. The molecule has 3 N–H and O–H groups in total. The second kappa shape index (κ2) is 8.49. The van der Waals surface area contributed by atoms with E-state index in [4.69, 9.17) is 5.73 Å². The van der Waals surface area contributed by atoms with Gasteiger partial charge in [0.1, 0.15) is 0 Å². The molecule has 0 amide bonds. The molecule has 0 spiro atoms. The summed E-state index contributed by atoms with van der Waals surface area (Å²) < 4.78 is 71.2. The van der Waals surface area contributed by atoms with Crippen LogP contribution in [-0.4, -0.2) is 35.6 Å². The van der Waals surface area contributed by atoms with Crippen molar-refractivity contribution in [3.8, 4) is 0 Å². The van der Waals surface area contributed by atoms with Crippen molar-refractivity contribution in [2.75, 3.05) is 24.7 Å².